The van der Waals surface area contributed by atoms with Crippen molar-refractivity contribution in [2.24, 2.45) is 0 Å². The second-order valence-corrected chi connectivity index (χ2v) is 15.5. The van der Waals surface area contributed by atoms with Gasteiger partial charge in [0.25, 0.3) is 0 Å². The number of hydrogen-bond acceptors (Lipinski definition) is 2. The molecule has 1 atom stereocenters. The van der Waals surface area contributed by atoms with Gasteiger partial charge in [0.1, 0.15) is 5.76 Å². The molecule has 3 aromatic heterocycles. The van der Waals surface area contributed by atoms with E-state index in [1.54, 1.807) is 0 Å². The molecule has 1 aliphatic rings. The molecule has 8 aromatic carbocycles. The van der Waals surface area contributed by atoms with Crippen LogP contribution in [0.1, 0.15) is 28.4 Å². The first kappa shape index (κ1) is 28.5. The predicted molar refractivity (Wildman–Crippen MR) is 221 cm³/mol. The lowest BCUT2D eigenvalue weighted by atomic mass is 9.75. The molecule has 1 N–H and O–H groups in total. The Bertz CT molecular complexity index is 3300. The number of aryl methyl sites for hydroxylation is 1. The van der Waals surface area contributed by atoms with Crippen molar-refractivity contribution in [1.29, 1.82) is 0 Å². The standard InChI is InChI=1S/C49H31NOS/c1-27-10-8-12-29-20-21-30(24-38(27)29)39-26-42-46(44-31-13-3-2-11-28(31)22-23-35(39)44)47-45-34-16-5-4-14-32(34)40(25-41(45)50-49(47)51-42)37-18-9-17-36-33-15-6-7-19-43(33)52-48(36)37/h2-25,39,50H,26H2,1H3. The van der Waals surface area contributed by atoms with Crippen LogP contribution >= 0.6 is 11.3 Å². The van der Waals surface area contributed by atoms with Crippen LogP contribution in [-0.2, 0) is 6.42 Å². The minimum atomic E-state index is 0.183. The van der Waals surface area contributed by atoms with Gasteiger partial charge in [0, 0.05) is 49.0 Å². The molecule has 244 valence electrons. The molecule has 52 heavy (non-hydrogen) atoms. The molecule has 0 spiro atoms. The van der Waals surface area contributed by atoms with E-state index in [-0.39, 0.29) is 5.92 Å². The molecule has 0 aliphatic heterocycles. The van der Waals surface area contributed by atoms with E-state index < -0.39 is 0 Å². The first-order valence-corrected chi connectivity index (χ1v) is 18.9. The van der Waals surface area contributed by atoms with Crippen molar-refractivity contribution in [3.05, 3.63) is 168 Å². The molecule has 0 bridgehead atoms. The molecule has 0 saturated heterocycles. The van der Waals surface area contributed by atoms with Gasteiger partial charge in [-0.25, -0.2) is 0 Å². The second kappa shape index (κ2) is 10.4. The molecular formula is C49H31NOS. The minimum Gasteiger partial charge on any atom is -0.444 e. The number of fused-ring (bicyclic) bond motifs is 15. The summed E-state index contributed by atoms with van der Waals surface area (Å²) in [6, 6.07) is 54.0. The van der Waals surface area contributed by atoms with Gasteiger partial charge < -0.3 is 9.40 Å². The highest BCUT2D eigenvalue weighted by Gasteiger charge is 2.34. The topological polar surface area (TPSA) is 28.9 Å². The normalized spacial score (nSPS) is 14.4. The van der Waals surface area contributed by atoms with E-state index >= 15 is 0 Å². The van der Waals surface area contributed by atoms with Gasteiger partial charge in [0.05, 0.1) is 10.9 Å². The number of nitrogens with one attached hydrogen (secondary N) is 1. The predicted octanol–water partition coefficient (Wildman–Crippen LogP) is 14.1. The molecule has 1 unspecified atom stereocenters. The van der Waals surface area contributed by atoms with Crippen LogP contribution in [0.2, 0.25) is 0 Å². The fraction of sp³-hybridized carbons (Fsp3) is 0.0612. The molecule has 3 heterocycles. The van der Waals surface area contributed by atoms with Gasteiger partial charge in [-0.05, 0) is 79.2 Å². The Morgan fingerprint density at radius 2 is 1.31 bits per heavy atom. The van der Waals surface area contributed by atoms with E-state index in [4.69, 9.17) is 4.42 Å². The van der Waals surface area contributed by atoms with Gasteiger partial charge in [0.2, 0.25) is 5.71 Å². The number of aromatic nitrogens is 1. The highest BCUT2D eigenvalue weighted by Crippen LogP contribution is 2.53. The minimum absolute atomic E-state index is 0.183. The molecule has 3 heteroatoms. The Hall–Kier alpha value is -6.16. The highest BCUT2D eigenvalue weighted by molar-refractivity contribution is 7.26. The van der Waals surface area contributed by atoms with Gasteiger partial charge >= 0.3 is 0 Å². The molecule has 0 saturated carbocycles. The Kier molecular flexibility index (Phi) is 5.73. The average Bonchev–Trinajstić information content (AvgIpc) is 3.86. The lowest BCUT2D eigenvalue weighted by Crippen LogP contribution is -2.12. The largest absolute Gasteiger partial charge is 0.444 e. The van der Waals surface area contributed by atoms with E-state index in [0.717, 1.165) is 23.4 Å². The molecule has 0 fully saturated rings. The van der Waals surface area contributed by atoms with Crippen molar-refractivity contribution in [2.45, 2.75) is 19.3 Å². The number of hydrogen-bond donors (Lipinski definition) is 1. The number of rotatable bonds is 2. The quantitative estimate of drug-likeness (QED) is 0.193. The smallest absolute Gasteiger partial charge is 0.206 e. The molecule has 12 rings (SSSR count). The number of H-pyrrole nitrogens is 1. The van der Waals surface area contributed by atoms with Crippen LogP contribution in [0, 0.1) is 6.92 Å². The number of thiophene rings is 1. The Morgan fingerprint density at radius 3 is 2.23 bits per heavy atom. The van der Waals surface area contributed by atoms with Crippen molar-refractivity contribution < 1.29 is 4.42 Å². The molecule has 2 nitrogen and oxygen atoms in total. The summed E-state index contributed by atoms with van der Waals surface area (Å²) in [6.07, 6.45) is 0.812. The average molecular weight is 682 g/mol. The van der Waals surface area contributed by atoms with Crippen LogP contribution in [-0.4, -0.2) is 4.98 Å². The zero-order valence-electron chi connectivity index (χ0n) is 28.5. The zero-order valence-corrected chi connectivity index (χ0v) is 29.3. The van der Waals surface area contributed by atoms with Crippen LogP contribution in [0.3, 0.4) is 0 Å². The molecule has 11 aromatic rings. The second-order valence-electron chi connectivity index (χ2n) is 14.5. The van der Waals surface area contributed by atoms with Gasteiger partial charge in [0.15, 0.2) is 0 Å². The van der Waals surface area contributed by atoms with Crippen LogP contribution < -0.4 is 0 Å². The monoisotopic (exact) mass is 681 g/mol. The van der Waals surface area contributed by atoms with Gasteiger partial charge in [-0.3, -0.25) is 0 Å². The summed E-state index contributed by atoms with van der Waals surface area (Å²) >= 11 is 1.89. The van der Waals surface area contributed by atoms with Crippen molar-refractivity contribution in [3.63, 3.8) is 0 Å². The third-order valence-electron chi connectivity index (χ3n) is 11.7. The highest BCUT2D eigenvalue weighted by atomic mass is 32.1. The van der Waals surface area contributed by atoms with Crippen molar-refractivity contribution in [2.75, 3.05) is 0 Å². The lowest BCUT2D eigenvalue weighted by Gasteiger charge is -2.27. The Balaban J connectivity index is 1.14. The molecular weight excluding hydrogens is 651 g/mol. The Morgan fingerprint density at radius 1 is 0.577 bits per heavy atom. The summed E-state index contributed by atoms with van der Waals surface area (Å²) in [7, 11) is 0. The summed E-state index contributed by atoms with van der Waals surface area (Å²) in [4.78, 5) is 3.81. The van der Waals surface area contributed by atoms with Crippen molar-refractivity contribution in [1.82, 2.24) is 4.98 Å². The third-order valence-corrected chi connectivity index (χ3v) is 12.9. The maximum atomic E-state index is 7.00. The van der Waals surface area contributed by atoms with Gasteiger partial charge in [-0.15, -0.1) is 11.3 Å². The van der Waals surface area contributed by atoms with E-state index in [1.165, 1.54) is 102 Å². The third kappa shape index (κ3) is 3.84. The van der Waals surface area contributed by atoms with E-state index in [1.807, 2.05) is 11.3 Å². The van der Waals surface area contributed by atoms with Crippen molar-refractivity contribution >= 4 is 85.8 Å². The number of furan rings is 1. The number of benzene rings is 8. The molecule has 0 amide bonds. The summed E-state index contributed by atoms with van der Waals surface area (Å²) in [5, 5.41) is 12.7. The lowest BCUT2D eigenvalue weighted by molar-refractivity contribution is 0.524. The van der Waals surface area contributed by atoms with Crippen LogP contribution in [0.5, 0.6) is 0 Å². The summed E-state index contributed by atoms with van der Waals surface area (Å²) in [5.41, 5.74) is 11.0. The number of aromatic amines is 1. The fourth-order valence-corrected chi connectivity index (χ4v) is 10.6. The van der Waals surface area contributed by atoms with Gasteiger partial charge in [-0.2, -0.15) is 0 Å². The zero-order chi connectivity index (χ0) is 34.1. The fourth-order valence-electron chi connectivity index (χ4n) is 9.37. The van der Waals surface area contributed by atoms with E-state index in [0.29, 0.717) is 0 Å². The first-order chi connectivity index (χ1) is 25.7. The SMILES string of the molecule is Cc1cccc2ccc(C3Cc4oc5[nH]c6cc(-c7cccc8c7sc7ccccc78)c7ccccc7c6c5c4-c4c3ccc3ccccc43)cc12. The van der Waals surface area contributed by atoms with Crippen LogP contribution in [0.25, 0.3) is 96.7 Å². The summed E-state index contributed by atoms with van der Waals surface area (Å²) in [5.74, 6) is 1.24. The van der Waals surface area contributed by atoms with Crippen LogP contribution in [0.4, 0.5) is 0 Å². The van der Waals surface area contributed by atoms with E-state index in [2.05, 4.69) is 158 Å². The molecule has 1 aliphatic carbocycles. The Labute approximate surface area is 303 Å². The first-order valence-electron chi connectivity index (χ1n) is 18.1. The molecule has 0 radical (unpaired) electrons. The van der Waals surface area contributed by atoms with E-state index in [9.17, 15) is 0 Å². The summed E-state index contributed by atoms with van der Waals surface area (Å²) in [6.45, 7) is 2.21. The van der Waals surface area contributed by atoms with Crippen LogP contribution in [0.15, 0.2) is 150 Å². The van der Waals surface area contributed by atoms with Crippen molar-refractivity contribution in [3.8, 4) is 22.3 Å². The maximum absolute atomic E-state index is 7.00. The maximum Gasteiger partial charge on any atom is 0.206 e. The summed E-state index contributed by atoms with van der Waals surface area (Å²) < 4.78 is 9.65. The van der Waals surface area contributed by atoms with Gasteiger partial charge in [-0.1, -0.05) is 133 Å².